The Labute approximate surface area is 227 Å². The third-order valence-corrected chi connectivity index (χ3v) is 5.04. The van der Waals surface area contributed by atoms with Crippen LogP contribution in [-0.4, -0.2) is 53.7 Å². The number of Topliss-reactive ketones (excluding diaryl/α,β-unsaturated/α-hetero) is 2. The molecule has 0 aliphatic heterocycles. The van der Waals surface area contributed by atoms with Crippen molar-refractivity contribution in [3.8, 4) is 23.1 Å². The van der Waals surface area contributed by atoms with Gasteiger partial charge in [0, 0.05) is 17.1 Å². The monoisotopic (exact) mass is 603 g/mol. The Morgan fingerprint density at radius 1 is 0.641 bits per heavy atom. The molecule has 0 aliphatic rings. The van der Waals surface area contributed by atoms with E-state index in [0.717, 1.165) is 9.36 Å². The van der Waals surface area contributed by atoms with E-state index in [-0.39, 0.29) is 28.5 Å². The van der Waals surface area contributed by atoms with Gasteiger partial charge < -0.3 is 10.2 Å². The number of rotatable bonds is 4. The van der Waals surface area contributed by atoms with Crippen molar-refractivity contribution in [1.29, 1.82) is 0 Å². The molecule has 4 aromatic rings. The predicted octanol–water partition coefficient (Wildman–Crippen LogP) is 5.26. The number of halogens is 6. The summed E-state index contributed by atoms with van der Waals surface area (Å²) in [6.45, 7) is 2.47. The van der Waals surface area contributed by atoms with Crippen molar-refractivity contribution in [1.82, 2.24) is 19.6 Å². The van der Waals surface area contributed by atoms with Crippen LogP contribution in [0.3, 0.4) is 0 Å². The van der Waals surface area contributed by atoms with E-state index in [2.05, 4.69) is 10.2 Å². The van der Waals surface area contributed by atoms with Gasteiger partial charge in [-0.3, -0.25) is 9.59 Å². The maximum absolute atomic E-state index is 12.4. The number of carbonyl (C=O) groups excluding carboxylic acids is 2. The Balaban J connectivity index is 0.000000267. The number of aryl methyl sites for hydroxylation is 2. The average molecular weight is 604 g/mol. The van der Waals surface area contributed by atoms with Crippen LogP contribution < -0.4 is 0 Å². The number of aromatic nitrogens is 4. The van der Waals surface area contributed by atoms with Gasteiger partial charge in [0.2, 0.25) is 11.8 Å². The molecule has 2 aromatic carbocycles. The molecule has 8 nitrogen and oxygen atoms in total. The molecule has 4 rings (SSSR count). The van der Waals surface area contributed by atoms with E-state index in [0.29, 0.717) is 11.4 Å². The Morgan fingerprint density at radius 2 is 0.923 bits per heavy atom. The molecule has 15 heteroatoms. The fraction of sp³-hybridized carbons (Fsp3) is 0.167. The van der Waals surface area contributed by atoms with Crippen molar-refractivity contribution >= 4 is 11.6 Å². The van der Waals surface area contributed by atoms with Crippen LogP contribution in [0.25, 0.3) is 11.4 Å². The van der Waals surface area contributed by atoms with Crippen molar-refractivity contribution in [3.63, 3.8) is 0 Å². The van der Waals surface area contributed by atoms with Gasteiger partial charge >= 0.3 is 12.4 Å². The Hall–Kier alpha value is -4.10. The van der Waals surface area contributed by atoms with Crippen LogP contribution in [-0.2, 0) is 17.1 Å². The maximum atomic E-state index is 12.4. The zero-order valence-electron chi connectivity index (χ0n) is 19.8. The third kappa shape index (κ3) is 6.67. The number of nitrogens with zero attached hydrogens (tertiary/aromatic N) is 4. The second-order valence-corrected chi connectivity index (χ2v) is 7.72. The molecule has 2 aromatic heterocycles. The van der Waals surface area contributed by atoms with E-state index < -0.39 is 46.8 Å². The molecule has 0 bridgehead atoms. The number of hydrogen-bond acceptors (Lipinski definition) is 6. The molecular formula is C24H18CuF6N4O4. The summed E-state index contributed by atoms with van der Waals surface area (Å²) in [5, 5.41) is 27.1. The molecule has 1 radical (unpaired) electrons. The number of carbonyl (C=O) groups is 2. The van der Waals surface area contributed by atoms with Crippen molar-refractivity contribution in [2.75, 3.05) is 0 Å². The summed E-state index contributed by atoms with van der Waals surface area (Å²) in [6.07, 6.45) is -10.1. The van der Waals surface area contributed by atoms with E-state index in [1.807, 2.05) is 0 Å². The van der Waals surface area contributed by atoms with Crippen LogP contribution in [0, 0.1) is 13.8 Å². The molecule has 0 saturated carbocycles. The van der Waals surface area contributed by atoms with Crippen LogP contribution in [0.1, 0.15) is 32.1 Å². The van der Waals surface area contributed by atoms with Gasteiger partial charge in [-0.1, -0.05) is 36.4 Å². The fourth-order valence-electron chi connectivity index (χ4n) is 3.34. The van der Waals surface area contributed by atoms with Gasteiger partial charge in [-0.15, -0.1) is 0 Å². The molecule has 0 saturated heterocycles. The van der Waals surface area contributed by atoms with Gasteiger partial charge in [-0.2, -0.15) is 36.5 Å². The zero-order valence-corrected chi connectivity index (χ0v) is 20.8. The van der Waals surface area contributed by atoms with Crippen LogP contribution in [0.2, 0.25) is 0 Å². The number of benzene rings is 2. The van der Waals surface area contributed by atoms with Gasteiger partial charge in [-0.05, 0) is 38.1 Å². The SMILES string of the molecule is Cc1nn(-c2ccccc2)c(O)c1C(=O)C(F)(F)F.Cc1nn(-c2ccccc2)c(O)c1C(=O)C(F)(F)F.[Cu]. The smallest absolute Gasteiger partial charge is 0.455 e. The average Bonchev–Trinajstić information content (AvgIpc) is 3.32. The molecule has 0 amide bonds. The van der Waals surface area contributed by atoms with Crippen molar-refractivity contribution in [3.05, 3.63) is 83.2 Å². The van der Waals surface area contributed by atoms with Crippen LogP contribution in [0.4, 0.5) is 26.3 Å². The molecular weight excluding hydrogens is 586 g/mol. The van der Waals surface area contributed by atoms with E-state index in [4.69, 9.17) is 0 Å². The number of para-hydroxylation sites is 2. The Bertz CT molecular complexity index is 1350. The normalized spacial score (nSPS) is 11.3. The first kappa shape index (κ1) is 31.1. The molecule has 0 atom stereocenters. The summed E-state index contributed by atoms with van der Waals surface area (Å²) in [6, 6.07) is 16.2. The summed E-state index contributed by atoms with van der Waals surface area (Å²) < 4.78 is 76.2. The van der Waals surface area contributed by atoms with Gasteiger partial charge in [0.25, 0.3) is 11.6 Å². The summed E-state index contributed by atoms with van der Waals surface area (Å²) in [5.41, 5.74) is -1.27. The number of aromatic hydroxyl groups is 2. The van der Waals surface area contributed by atoms with Gasteiger partial charge in [0.15, 0.2) is 0 Å². The molecule has 211 valence electrons. The second kappa shape index (κ2) is 11.7. The molecule has 0 aliphatic carbocycles. The number of hydrogen-bond donors (Lipinski definition) is 2. The van der Waals surface area contributed by atoms with E-state index in [1.165, 1.54) is 13.8 Å². The zero-order chi connectivity index (χ0) is 28.4. The molecule has 0 spiro atoms. The van der Waals surface area contributed by atoms with Gasteiger partial charge in [-0.25, -0.2) is 9.36 Å². The van der Waals surface area contributed by atoms with E-state index in [9.17, 15) is 46.1 Å². The Kier molecular flexibility index (Phi) is 9.37. The van der Waals surface area contributed by atoms with Crippen molar-refractivity contribution in [2.45, 2.75) is 26.2 Å². The van der Waals surface area contributed by atoms with Crippen LogP contribution in [0.15, 0.2) is 60.7 Å². The number of ketones is 2. The summed E-state index contributed by atoms with van der Waals surface area (Å²) in [5.74, 6) is -5.84. The van der Waals surface area contributed by atoms with Crippen LogP contribution in [0.5, 0.6) is 11.8 Å². The minimum Gasteiger partial charge on any atom is -0.493 e. The second-order valence-electron chi connectivity index (χ2n) is 7.72. The predicted molar refractivity (Wildman–Crippen MR) is 121 cm³/mol. The first-order valence-corrected chi connectivity index (χ1v) is 10.6. The molecule has 0 unspecified atom stereocenters. The van der Waals surface area contributed by atoms with Gasteiger partial charge in [0.05, 0.1) is 22.8 Å². The fourth-order valence-corrected chi connectivity index (χ4v) is 3.34. The standard InChI is InChI=1S/2C12H9F3N2O2.Cu/c2*1-7-9(10(18)12(13,14)15)11(19)17(16-7)8-5-3-2-4-6-8;/h2*2-6,19H,1H3;. The first-order chi connectivity index (χ1) is 17.6. The first-order valence-electron chi connectivity index (χ1n) is 10.6. The van der Waals surface area contributed by atoms with Crippen molar-refractivity contribution in [2.24, 2.45) is 0 Å². The van der Waals surface area contributed by atoms with E-state index >= 15 is 0 Å². The van der Waals surface area contributed by atoms with Crippen LogP contribution >= 0.6 is 0 Å². The largest absolute Gasteiger partial charge is 0.493 e. The summed E-state index contributed by atoms with van der Waals surface area (Å²) >= 11 is 0. The Morgan fingerprint density at radius 3 is 1.18 bits per heavy atom. The molecule has 39 heavy (non-hydrogen) atoms. The van der Waals surface area contributed by atoms with Crippen molar-refractivity contribution < 1.29 is 63.2 Å². The minimum absolute atomic E-state index is 0. The quantitative estimate of drug-likeness (QED) is 0.187. The summed E-state index contributed by atoms with van der Waals surface area (Å²) in [4.78, 5) is 22.4. The molecule has 0 fully saturated rings. The number of alkyl halides is 6. The van der Waals surface area contributed by atoms with E-state index in [1.54, 1.807) is 60.7 Å². The molecule has 2 N–H and O–H groups in total. The maximum Gasteiger partial charge on any atom is 0.455 e. The topological polar surface area (TPSA) is 110 Å². The minimum atomic E-state index is -5.05. The molecule has 2 heterocycles. The third-order valence-electron chi connectivity index (χ3n) is 5.04. The summed E-state index contributed by atoms with van der Waals surface area (Å²) in [7, 11) is 0. The van der Waals surface area contributed by atoms with Gasteiger partial charge in [0.1, 0.15) is 11.1 Å².